The van der Waals surface area contributed by atoms with Crippen molar-refractivity contribution in [1.82, 2.24) is 20.3 Å². The molecule has 1 heterocycles. The van der Waals surface area contributed by atoms with E-state index in [1.54, 1.807) is 0 Å². The SMILES string of the molecule is CSCn1cc(C(=O)NCc2ccc(OC(F)(F)F)cc2)nn1. The second-order valence-corrected chi connectivity index (χ2v) is 5.27. The number of carbonyl (C=O) groups excluding carboxylic acids is 1. The predicted octanol–water partition coefficient (Wildman–Crippen LogP) is 2.43. The summed E-state index contributed by atoms with van der Waals surface area (Å²) in [5.74, 6) is -0.137. The molecule has 0 atom stereocenters. The highest BCUT2D eigenvalue weighted by Crippen LogP contribution is 2.22. The first kappa shape index (κ1) is 17.1. The maximum absolute atomic E-state index is 12.0. The molecule has 0 fully saturated rings. The molecule has 0 saturated heterocycles. The van der Waals surface area contributed by atoms with Crippen molar-refractivity contribution in [2.45, 2.75) is 18.8 Å². The van der Waals surface area contributed by atoms with E-state index in [4.69, 9.17) is 0 Å². The summed E-state index contributed by atoms with van der Waals surface area (Å²) in [6, 6.07) is 5.24. The maximum atomic E-state index is 12.0. The second-order valence-electron chi connectivity index (χ2n) is 4.44. The van der Waals surface area contributed by atoms with Crippen LogP contribution in [-0.2, 0) is 12.4 Å². The number of nitrogens with one attached hydrogen (secondary N) is 1. The van der Waals surface area contributed by atoms with Gasteiger partial charge in [-0.25, -0.2) is 4.68 Å². The molecule has 0 bridgehead atoms. The van der Waals surface area contributed by atoms with Gasteiger partial charge in [0, 0.05) is 6.54 Å². The molecule has 0 aliphatic heterocycles. The lowest BCUT2D eigenvalue weighted by Crippen LogP contribution is -2.23. The monoisotopic (exact) mass is 346 g/mol. The summed E-state index contributed by atoms with van der Waals surface area (Å²) >= 11 is 1.53. The summed E-state index contributed by atoms with van der Waals surface area (Å²) in [5, 5.41) is 10.1. The summed E-state index contributed by atoms with van der Waals surface area (Å²) in [5.41, 5.74) is 0.806. The van der Waals surface area contributed by atoms with Crippen molar-refractivity contribution < 1.29 is 22.7 Å². The molecular formula is C13H13F3N4O2S. The maximum Gasteiger partial charge on any atom is 0.573 e. The Morgan fingerprint density at radius 3 is 2.65 bits per heavy atom. The van der Waals surface area contributed by atoms with Gasteiger partial charge in [0.15, 0.2) is 5.69 Å². The Morgan fingerprint density at radius 1 is 1.35 bits per heavy atom. The zero-order chi connectivity index (χ0) is 16.9. The number of carbonyl (C=O) groups is 1. The zero-order valence-corrected chi connectivity index (χ0v) is 12.8. The van der Waals surface area contributed by atoms with Gasteiger partial charge in [0.05, 0.1) is 12.1 Å². The van der Waals surface area contributed by atoms with Gasteiger partial charge < -0.3 is 10.1 Å². The number of rotatable bonds is 6. The van der Waals surface area contributed by atoms with Gasteiger partial charge in [-0.2, -0.15) is 0 Å². The van der Waals surface area contributed by atoms with Gasteiger partial charge in [0.1, 0.15) is 5.75 Å². The van der Waals surface area contributed by atoms with Crippen LogP contribution < -0.4 is 10.1 Å². The fourth-order valence-corrected chi connectivity index (χ4v) is 2.07. The summed E-state index contributed by atoms with van der Waals surface area (Å²) in [4.78, 5) is 11.9. The molecule has 0 unspecified atom stereocenters. The molecule has 1 N–H and O–H groups in total. The molecule has 0 aliphatic carbocycles. The molecule has 1 aromatic carbocycles. The molecule has 0 radical (unpaired) electrons. The zero-order valence-electron chi connectivity index (χ0n) is 12.0. The second kappa shape index (κ2) is 7.36. The fraction of sp³-hybridized carbons (Fsp3) is 0.308. The Bertz CT molecular complexity index is 658. The third-order valence-corrected chi connectivity index (χ3v) is 3.17. The van der Waals surface area contributed by atoms with E-state index in [-0.39, 0.29) is 18.0 Å². The molecule has 23 heavy (non-hydrogen) atoms. The van der Waals surface area contributed by atoms with E-state index in [0.29, 0.717) is 11.4 Å². The van der Waals surface area contributed by atoms with Crippen LogP contribution in [0.2, 0.25) is 0 Å². The van der Waals surface area contributed by atoms with Gasteiger partial charge in [0.2, 0.25) is 0 Å². The third kappa shape index (κ3) is 5.47. The van der Waals surface area contributed by atoms with Gasteiger partial charge in [-0.05, 0) is 24.0 Å². The van der Waals surface area contributed by atoms with E-state index in [1.165, 1.54) is 46.9 Å². The highest BCUT2D eigenvalue weighted by atomic mass is 32.2. The highest BCUT2D eigenvalue weighted by Gasteiger charge is 2.30. The number of thioether (sulfide) groups is 1. The van der Waals surface area contributed by atoms with E-state index < -0.39 is 12.3 Å². The number of halogens is 3. The summed E-state index contributed by atoms with van der Waals surface area (Å²) in [7, 11) is 0. The first-order valence-electron chi connectivity index (χ1n) is 6.39. The van der Waals surface area contributed by atoms with Crippen LogP contribution in [-0.4, -0.2) is 33.5 Å². The Hall–Kier alpha value is -2.23. The van der Waals surface area contributed by atoms with E-state index in [9.17, 15) is 18.0 Å². The van der Waals surface area contributed by atoms with Gasteiger partial charge in [-0.3, -0.25) is 4.79 Å². The molecule has 124 valence electrons. The molecule has 0 spiro atoms. The number of ether oxygens (including phenoxy) is 1. The minimum absolute atomic E-state index is 0.153. The van der Waals surface area contributed by atoms with Crippen molar-refractivity contribution in [2.75, 3.05) is 6.26 Å². The molecule has 1 aromatic heterocycles. The molecule has 10 heteroatoms. The molecule has 0 saturated carbocycles. The van der Waals surface area contributed by atoms with E-state index in [0.717, 1.165) is 0 Å². The summed E-state index contributed by atoms with van der Waals surface area (Å²) in [6.07, 6.45) is -1.31. The van der Waals surface area contributed by atoms with Crippen molar-refractivity contribution in [3.8, 4) is 5.75 Å². The molecule has 0 aliphatic rings. The van der Waals surface area contributed by atoms with E-state index in [2.05, 4.69) is 20.4 Å². The largest absolute Gasteiger partial charge is 0.573 e. The average molecular weight is 346 g/mol. The van der Waals surface area contributed by atoms with Crippen LogP contribution in [0.5, 0.6) is 5.75 Å². The van der Waals surface area contributed by atoms with Crippen LogP contribution >= 0.6 is 11.8 Å². The van der Waals surface area contributed by atoms with Gasteiger partial charge in [0.25, 0.3) is 5.91 Å². The minimum Gasteiger partial charge on any atom is -0.406 e. The number of benzene rings is 1. The topological polar surface area (TPSA) is 69.0 Å². The van der Waals surface area contributed by atoms with Crippen LogP contribution in [0.15, 0.2) is 30.5 Å². The van der Waals surface area contributed by atoms with Crippen molar-refractivity contribution >= 4 is 17.7 Å². The number of nitrogens with zero attached hydrogens (tertiary/aromatic N) is 3. The summed E-state index contributed by atoms with van der Waals surface area (Å²) < 4.78 is 41.4. The lowest BCUT2D eigenvalue weighted by molar-refractivity contribution is -0.274. The van der Waals surface area contributed by atoms with Crippen LogP contribution in [0, 0.1) is 0 Å². The Kier molecular flexibility index (Phi) is 5.48. The predicted molar refractivity (Wildman–Crippen MR) is 77.8 cm³/mol. The number of alkyl halides is 3. The fourth-order valence-electron chi connectivity index (χ4n) is 1.68. The first-order valence-corrected chi connectivity index (χ1v) is 7.79. The van der Waals surface area contributed by atoms with Gasteiger partial charge >= 0.3 is 6.36 Å². The lowest BCUT2D eigenvalue weighted by Gasteiger charge is -2.09. The highest BCUT2D eigenvalue weighted by molar-refractivity contribution is 7.97. The number of amides is 1. The lowest BCUT2D eigenvalue weighted by atomic mass is 10.2. The van der Waals surface area contributed by atoms with Crippen LogP contribution in [0.1, 0.15) is 16.1 Å². The smallest absolute Gasteiger partial charge is 0.406 e. The van der Waals surface area contributed by atoms with E-state index >= 15 is 0 Å². The molecule has 6 nitrogen and oxygen atoms in total. The van der Waals surface area contributed by atoms with Crippen LogP contribution in [0.25, 0.3) is 0 Å². The summed E-state index contributed by atoms with van der Waals surface area (Å²) in [6.45, 7) is 0.153. The Labute approximate surface area is 134 Å². The first-order chi connectivity index (χ1) is 10.9. The van der Waals surface area contributed by atoms with Crippen LogP contribution in [0.3, 0.4) is 0 Å². The number of aromatic nitrogens is 3. The number of hydrogen-bond donors (Lipinski definition) is 1. The van der Waals surface area contributed by atoms with E-state index in [1.807, 2.05) is 6.26 Å². The van der Waals surface area contributed by atoms with Crippen molar-refractivity contribution in [3.63, 3.8) is 0 Å². The standard InChI is InChI=1S/C13H13F3N4O2S/c1-23-8-20-7-11(18-19-20)12(21)17-6-9-2-4-10(5-3-9)22-13(14,15)16/h2-5,7H,6,8H2,1H3,(H,17,21). The third-order valence-electron chi connectivity index (χ3n) is 2.64. The molecule has 2 rings (SSSR count). The van der Waals surface area contributed by atoms with Crippen molar-refractivity contribution in [2.24, 2.45) is 0 Å². The van der Waals surface area contributed by atoms with Crippen molar-refractivity contribution in [1.29, 1.82) is 0 Å². The number of hydrogen-bond acceptors (Lipinski definition) is 5. The van der Waals surface area contributed by atoms with Gasteiger partial charge in [-0.15, -0.1) is 30.0 Å². The van der Waals surface area contributed by atoms with Crippen molar-refractivity contribution in [3.05, 3.63) is 41.7 Å². The quantitative estimate of drug-likeness (QED) is 0.870. The average Bonchev–Trinajstić information content (AvgIpc) is 2.94. The van der Waals surface area contributed by atoms with Gasteiger partial charge in [-0.1, -0.05) is 17.3 Å². The molecule has 2 aromatic rings. The molecule has 1 amide bonds. The normalized spacial score (nSPS) is 11.3. The van der Waals surface area contributed by atoms with Crippen LogP contribution in [0.4, 0.5) is 13.2 Å². The Balaban J connectivity index is 1.88. The Morgan fingerprint density at radius 2 is 2.04 bits per heavy atom. The minimum atomic E-state index is -4.72. The molecular weight excluding hydrogens is 333 g/mol.